The first-order chi connectivity index (χ1) is 16.0. The van der Waals surface area contributed by atoms with Crippen LogP contribution in [0.25, 0.3) is 0 Å². The van der Waals surface area contributed by atoms with Crippen LogP contribution in [0.15, 0.2) is 36.5 Å². The highest BCUT2D eigenvalue weighted by molar-refractivity contribution is 7.80. The summed E-state index contributed by atoms with van der Waals surface area (Å²) in [5, 5.41) is 2.87. The first-order valence-corrected chi connectivity index (χ1v) is 11.1. The van der Waals surface area contributed by atoms with Crippen molar-refractivity contribution in [2.24, 2.45) is 5.92 Å². The van der Waals surface area contributed by atoms with Gasteiger partial charge in [0.2, 0.25) is 5.75 Å². The average molecular weight is 493 g/mol. The molecule has 1 N–H and O–H groups in total. The Morgan fingerprint density at radius 1 is 1.09 bits per heavy atom. The minimum Gasteiger partial charge on any atom is -0.493 e. The number of benzene rings is 1. The molecular weight excluding hydrogens is 463 g/mol. The van der Waals surface area contributed by atoms with Gasteiger partial charge in [-0.1, -0.05) is 26.1 Å². The highest BCUT2D eigenvalue weighted by atomic mass is 32.1. The number of methoxy groups -OCH3 is 1. The molecule has 1 unspecified atom stereocenters. The van der Waals surface area contributed by atoms with Gasteiger partial charge in [0.1, 0.15) is 40.5 Å². The number of hydrogen-bond donors (Lipinski definition) is 1. The average Bonchev–Trinajstić information content (AvgIpc) is 2.78. The SMILES string of the molecule is COc1ccnc(C(=S)N[C@@H](C)C(=O)OC(C(C)C)[C@H](C)Oc2ccc(F)cc2)c1OC(C)=O. The lowest BCUT2D eigenvalue weighted by Gasteiger charge is -2.29. The van der Waals surface area contributed by atoms with Crippen molar-refractivity contribution in [2.75, 3.05) is 7.11 Å². The zero-order valence-electron chi connectivity index (χ0n) is 20.0. The fourth-order valence-corrected chi connectivity index (χ4v) is 3.45. The lowest BCUT2D eigenvalue weighted by Crippen LogP contribution is -2.44. The summed E-state index contributed by atoms with van der Waals surface area (Å²) in [4.78, 5) is 28.6. The molecule has 8 nitrogen and oxygen atoms in total. The Bertz CT molecular complexity index is 1020. The van der Waals surface area contributed by atoms with Crippen LogP contribution < -0.4 is 19.5 Å². The predicted molar refractivity (Wildman–Crippen MR) is 128 cm³/mol. The smallest absolute Gasteiger partial charge is 0.328 e. The summed E-state index contributed by atoms with van der Waals surface area (Å²) < 4.78 is 35.1. The summed E-state index contributed by atoms with van der Waals surface area (Å²) in [5.41, 5.74) is 0.151. The van der Waals surface area contributed by atoms with E-state index in [0.717, 1.165) is 0 Å². The number of thiocarbonyl (C=S) groups is 1. The van der Waals surface area contributed by atoms with Gasteiger partial charge in [0.05, 0.1) is 7.11 Å². The van der Waals surface area contributed by atoms with Gasteiger partial charge in [-0.15, -0.1) is 0 Å². The third-order valence-corrected chi connectivity index (χ3v) is 5.07. The highest BCUT2D eigenvalue weighted by Crippen LogP contribution is 2.30. The molecule has 0 bridgehead atoms. The van der Waals surface area contributed by atoms with E-state index in [-0.39, 0.29) is 33.9 Å². The molecule has 0 spiro atoms. The highest BCUT2D eigenvalue weighted by Gasteiger charge is 2.30. The fourth-order valence-electron chi connectivity index (χ4n) is 3.12. The Labute approximate surface area is 203 Å². The molecule has 0 aliphatic rings. The van der Waals surface area contributed by atoms with Crippen LogP contribution in [-0.4, -0.2) is 47.3 Å². The molecule has 0 radical (unpaired) electrons. The van der Waals surface area contributed by atoms with E-state index in [1.165, 1.54) is 50.6 Å². The molecule has 0 saturated heterocycles. The molecule has 10 heteroatoms. The molecule has 2 rings (SSSR count). The lowest BCUT2D eigenvalue weighted by molar-refractivity contribution is -0.158. The third kappa shape index (κ3) is 7.38. The van der Waals surface area contributed by atoms with Crippen LogP contribution in [0.2, 0.25) is 0 Å². The van der Waals surface area contributed by atoms with Crippen molar-refractivity contribution in [3.63, 3.8) is 0 Å². The Morgan fingerprint density at radius 3 is 2.29 bits per heavy atom. The quantitative estimate of drug-likeness (QED) is 0.392. The monoisotopic (exact) mass is 492 g/mol. The first kappa shape index (κ1) is 27.0. The van der Waals surface area contributed by atoms with Crippen molar-refractivity contribution >= 4 is 29.1 Å². The Balaban J connectivity index is 2.09. The van der Waals surface area contributed by atoms with E-state index >= 15 is 0 Å². The largest absolute Gasteiger partial charge is 0.493 e. The number of carbonyl (C=O) groups excluding carboxylic acids is 2. The van der Waals surface area contributed by atoms with Crippen molar-refractivity contribution in [2.45, 2.75) is 52.9 Å². The predicted octanol–water partition coefficient (Wildman–Crippen LogP) is 3.84. The molecule has 0 saturated carbocycles. The molecule has 0 amide bonds. The maximum atomic E-state index is 13.1. The molecule has 184 valence electrons. The molecule has 34 heavy (non-hydrogen) atoms. The van der Waals surface area contributed by atoms with Gasteiger partial charge in [-0.25, -0.2) is 14.2 Å². The summed E-state index contributed by atoms with van der Waals surface area (Å²) >= 11 is 5.39. The number of aromatic nitrogens is 1. The number of carbonyl (C=O) groups is 2. The van der Waals surface area contributed by atoms with Crippen LogP contribution >= 0.6 is 12.2 Å². The maximum absolute atomic E-state index is 13.1. The number of pyridine rings is 1. The van der Waals surface area contributed by atoms with Gasteiger partial charge in [-0.3, -0.25) is 4.79 Å². The van der Waals surface area contributed by atoms with Gasteiger partial charge < -0.3 is 24.3 Å². The topological polar surface area (TPSA) is 96.0 Å². The van der Waals surface area contributed by atoms with E-state index in [4.69, 9.17) is 31.2 Å². The van der Waals surface area contributed by atoms with Crippen molar-refractivity contribution in [1.29, 1.82) is 0 Å². The van der Waals surface area contributed by atoms with Crippen LogP contribution in [0, 0.1) is 11.7 Å². The lowest BCUT2D eigenvalue weighted by atomic mass is 10.0. The normalized spacial score (nSPS) is 13.4. The number of nitrogens with zero attached hydrogens (tertiary/aromatic N) is 1. The van der Waals surface area contributed by atoms with E-state index in [9.17, 15) is 14.0 Å². The summed E-state index contributed by atoms with van der Waals surface area (Å²) in [6.45, 7) is 8.40. The standard InChI is InChI=1S/C24H29FN2O6S/c1-13(2)21(15(4)31-18-9-7-17(25)8-10-18)33-24(29)14(3)27-23(34)20-22(32-16(5)28)19(30-6)11-12-26-20/h7-15,21H,1-6H3,(H,27,34)/t14-,15-,21?/m0/s1. The zero-order chi connectivity index (χ0) is 25.4. The van der Waals surface area contributed by atoms with E-state index in [0.29, 0.717) is 5.75 Å². The van der Waals surface area contributed by atoms with Crippen LogP contribution in [0.1, 0.15) is 40.3 Å². The molecule has 3 atom stereocenters. The van der Waals surface area contributed by atoms with E-state index < -0.39 is 30.2 Å². The number of ether oxygens (including phenoxy) is 4. The minimum absolute atomic E-state index is 0.0527. The molecule has 0 aliphatic carbocycles. The second-order valence-corrected chi connectivity index (χ2v) is 8.31. The summed E-state index contributed by atoms with van der Waals surface area (Å²) in [6.07, 6.45) is 0.368. The van der Waals surface area contributed by atoms with Gasteiger partial charge in [0.25, 0.3) is 0 Å². The number of nitrogens with one attached hydrogen (secondary N) is 1. The van der Waals surface area contributed by atoms with Crippen LogP contribution in [0.4, 0.5) is 4.39 Å². The maximum Gasteiger partial charge on any atom is 0.328 e. The van der Waals surface area contributed by atoms with Crippen LogP contribution in [0.5, 0.6) is 17.2 Å². The number of rotatable bonds is 10. The van der Waals surface area contributed by atoms with Crippen LogP contribution in [-0.2, 0) is 14.3 Å². The van der Waals surface area contributed by atoms with Gasteiger partial charge in [0, 0.05) is 19.2 Å². The zero-order valence-corrected chi connectivity index (χ0v) is 20.8. The molecule has 1 aromatic carbocycles. The second-order valence-electron chi connectivity index (χ2n) is 7.90. The van der Waals surface area contributed by atoms with Gasteiger partial charge >= 0.3 is 11.9 Å². The van der Waals surface area contributed by atoms with Crippen molar-refractivity contribution < 1.29 is 32.9 Å². The molecule has 0 fully saturated rings. The Morgan fingerprint density at radius 2 is 1.74 bits per heavy atom. The summed E-state index contributed by atoms with van der Waals surface area (Å²) in [6, 6.07) is 6.29. The molecule has 1 heterocycles. The number of halogens is 1. The number of esters is 2. The minimum atomic E-state index is -0.843. The van der Waals surface area contributed by atoms with Gasteiger partial charge in [0.15, 0.2) is 5.75 Å². The third-order valence-electron chi connectivity index (χ3n) is 4.76. The van der Waals surface area contributed by atoms with E-state index in [1.54, 1.807) is 13.8 Å². The van der Waals surface area contributed by atoms with Gasteiger partial charge in [-0.2, -0.15) is 0 Å². The molecular formula is C24H29FN2O6S. The fraction of sp³-hybridized carbons (Fsp3) is 0.417. The van der Waals surface area contributed by atoms with Crippen molar-refractivity contribution in [1.82, 2.24) is 10.3 Å². The first-order valence-electron chi connectivity index (χ1n) is 10.7. The van der Waals surface area contributed by atoms with Crippen molar-refractivity contribution in [3.8, 4) is 17.2 Å². The Hall–Kier alpha value is -3.27. The molecule has 2 aromatic rings. The summed E-state index contributed by atoms with van der Waals surface area (Å²) in [7, 11) is 1.42. The second kappa shape index (κ2) is 12.3. The van der Waals surface area contributed by atoms with Crippen LogP contribution in [0.3, 0.4) is 0 Å². The Kier molecular flexibility index (Phi) is 9.73. The molecule has 0 aliphatic heterocycles. The summed E-state index contributed by atoms with van der Waals surface area (Å²) in [5.74, 6) is -0.780. The van der Waals surface area contributed by atoms with Crippen molar-refractivity contribution in [3.05, 3.63) is 48.0 Å². The number of hydrogen-bond acceptors (Lipinski definition) is 8. The van der Waals surface area contributed by atoms with E-state index in [2.05, 4.69) is 10.3 Å². The van der Waals surface area contributed by atoms with E-state index in [1.807, 2.05) is 13.8 Å². The molecule has 1 aromatic heterocycles. The van der Waals surface area contributed by atoms with Gasteiger partial charge in [-0.05, 0) is 44.0 Å².